The van der Waals surface area contributed by atoms with Crippen molar-refractivity contribution in [3.05, 3.63) is 35.7 Å². The molecule has 1 fully saturated rings. The lowest BCUT2D eigenvalue weighted by atomic mass is 10.2. The minimum Gasteiger partial charge on any atom is -0.491 e. The molecule has 1 aliphatic carbocycles. The fourth-order valence-corrected chi connectivity index (χ4v) is 2.12. The standard InChI is InChI=1S/C16H20FN3O2/c1-2-3-15-19-16(22-20-15)9-18-13-8-12(17)6-7-14(13)21-10-11-4-5-11/h6-8,11,18H,2-5,9-10H2,1H3. The van der Waals surface area contributed by atoms with E-state index < -0.39 is 0 Å². The highest BCUT2D eigenvalue weighted by Crippen LogP contribution is 2.32. The van der Waals surface area contributed by atoms with Gasteiger partial charge in [0, 0.05) is 12.5 Å². The highest BCUT2D eigenvalue weighted by Gasteiger charge is 2.22. The number of hydrogen-bond acceptors (Lipinski definition) is 5. The topological polar surface area (TPSA) is 60.2 Å². The third-order valence-electron chi connectivity index (χ3n) is 3.53. The number of aromatic nitrogens is 2. The van der Waals surface area contributed by atoms with Crippen molar-refractivity contribution in [3.8, 4) is 5.75 Å². The molecule has 2 aromatic rings. The molecule has 1 heterocycles. The van der Waals surface area contributed by atoms with Gasteiger partial charge in [0.15, 0.2) is 5.82 Å². The monoisotopic (exact) mass is 305 g/mol. The number of rotatable bonds is 8. The van der Waals surface area contributed by atoms with Crippen molar-refractivity contribution in [1.29, 1.82) is 0 Å². The number of nitrogens with one attached hydrogen (secondary N) is 1. The second-order valence-electron chi connectivity index (χ2n) is 5.60. The Morgan fingerprint density at radius 2 is 2.27 bits per heavy atom. The summed E-state index contributed by atoms with van der Waals surface area (Å²) in [7, 11) is 0. The van der Waals surface area contributed by atoms with Crippen molar-refractivity contribution in [3.63, 3.8) is 0 Å². The lowest BCUT2D eigenvalue weighted by Gasteiger charge is -2.12. The Kier molecular flexibility index (Phi) is 4.56. The third-order valence-corrected chi connectivity index (χ3v) is 3.53. The SMILES string of the molecule is CCCc1noc(CNc2cc(F)ccc2OCC2CC2)n1. The van der Waals surface area contributed by atoms with Crippen LogP contribution in [-0.2, 0) is 13.0 Å². The maximum absolute atomic E-state index is 13.4. The van der Waals surface area contributed by atoms with Crippen LogP contribution in [-0.4, -0.2) is 16.7 Å². The fourth-order valence-electron chi connectivity index (χ4n) is 2.12. The number of aryl methyl sites for hydroxylation is 1. The molecule has 22 heavy (non-hydrogen) atoms. The highest BCUT2D eigenvalue weighted by molar-refractivity contribution is 5.56. The van der Waals surface area contributed by atoms with Crippen molar-refractivity contribution >= 4 is 5.69 Å². The first-order chi connectivity index (χ1) is 10.7. The second kappa shape index (κ2) is 6.77. The lowest BCUT2D eigenvalue weighted by Crippen LogP contribution is -2.05. The van der Waals surface area contributed by atoms with E-state index in [0.717, 1.165) is 12.8 Å². The van der Waals surface area contributed by atoms with Gasteiger partial charge in [-0.15, -0.1) is 0 Å². The zero-order valence-electron chi connectivity index (χ0n) is 12.6. The maximum Gasteiger partial charge on any atom is 0.245 e. The molecule has 0 atom stereocenters. The molecule has 0 amide bonds. The normalized spacial score (nSPS) is 14.1. The van der Waals surface area contributed by atoms with Gasteiger partial charge in [0.2, 0.25) is 5.89 Å². The molecule has 1 aromatic heterocycles. The van der Waals surface area contributed by atoms with Crippen molar-refractivity contribution < 1.29 is 13.7 Å². The van der Waals surface area contributed by atoms with Crippen LogP contribution < -0.4 is 10.1 Å². The maximum atomic E-state index is 13.4. The molecule has 0 bridgehead atoms. The lowest BCUT2D eigenvalue weighted by molar-refractivity contribution is 0.300. The van der Waals surface area contributed by atoms with Gasteiger partial charge in [-0.3, -0.25) is 0 Å². The summed E-state index contributed by atoms with van der Waals surface area (Å²) >= 11 is 0. The largest absolute Gasteiger partial charge is 0.491 e. The van der Waals surface area contributed by atoms with Gasteiger partial charge >= 0.3 is 0 Å². The van der Waals surface area contributed by atoms with Gasteiger partial charge in [-0.1, -0.05) is 12.1 Å². The number of anilines is 1. The van der Waals surface area contributed by atoms with Gasteiger partial charge in [0.25, 0.3) is 0 Å². The van der Waals surface area contributed by atoms with Crippen molar-refractivity contribution in [1.82, 2.24) is 10.1 Å². The van der Waals surface area contributed by atoms with Crippen LogP contribution >= 0.6 is 0 Å². The summed E-state index contributed by atoms with van der Waals surface area (Å²) in [6.45, 7) is 3.09. The minimum atomic E-state index is -0.307. The highest BCUT2D eigenvalue weighted by atomic mass is 19.1. The van der Waals surface area contributed by atoms with Crippen LogP contribution in [0.3, 0.4) is 0 Å². The minimum absolute atomic E-state index is 0.307. The Bertz CT molecular complexity index is 626. The molecule has 3 rings (SSSR count). The average Bonchev–Trinajstić information content (AvgIpc) is 3.23. The number of nitrogens with zero attached hydrogens (tertiary/aromatic N) is 2. The molecule has 0 spiro atoms. The van der Waals surface area contributed by atoms with E-state index in [1.54, 1.807) is 6.07 Å². The zero-order chi connectivity index (χ0) is 15.4. The first-order valence-corrected chi connectivity index (χ1v) is 7.72. The molecule has 118 valence electrons. The average molecular weight is 305 g/mol. The fraction of sp³-hybridized carbons (Fsp3) is 0.500. The summed E-state index contributed by atoms with van der Waals surface area (Å²) in [5.74, 6) is 2.18. The van der Waals surface area contributed by atoms with E-state index in [1.807, 2.05) is 0 Å². The Morgan fingerprint density at radius 1 is 1.41 bits per heavy atom. The third kappa shape index (κ3) is 3.96. The Hall–Kier alpha value is -2.11. The van der Waals surface area contributed by atoms with Gasteiger partial charge in [0.05, 0.1) is 18.8 Å². The van der Waals surface area contributed by atoms with E-state index in [4.69, 9.17) is 9.26 Å². The number of benzene rings is 1. The molecular weight excluding hydrogens is 285 g/mol. The van der Waals surface area contributed by atoms with Gasteiger partial charge in [-0.2, -0.15) is 4.98 Å². The summed E-state index contributed by atoms with van der Waals surface area (Å²) < 4.78 is 24.4. The van der Waals surface area contributed by atoms with Crippen LogP contribution in [0, 0.1) is 11.7 Å². The first kappa shape index (κ1) is 14.8. The molecule has 0 unspecified atom stereocenters. The van der Waals surface area contributed by atoms with Crippen LogP contribution in [0.5, 0.6) is 5.75 Å². The summed E-state index contributed by atoms with van der Waals surface area (Å²) in [4.78, 5) is 4.28. The number of halogens is 1. The van der Waals surface area contributed by atoms with Crippen molar-refractivity contribution in [2.24, 2.45) is 5.92 Å². The summed E-state index contributed by atoms with van der Waals surface area (Å²) in [5.41, 5.74) is 0.607. The van der Waals surface area contributed by atoms with E-state index in [-0.39, 0.29) is 5.82 Å². The first-order valence-electron chi connectivity index (χ1n) is 7.72. The molecule has 1 saturated carbocycles. The summed E-state index contributed by atoms with van der Waals surface area (Å²) in [6, 6.07) is 4.47. The van der Waals surface area contributed by atoms with E-state index in [0.29, 0.717) is 42.2 Å². The summed E-state index contributed by atoms with van der Waals surface area (Å²) in [5, 5.41) is 7.00. The molecule has 0 aliphatic heterocycles. The Balaban J connectivity index is 1.62. The molecule has 5 nitrogen and oxygen atoms in total. The molecule has 1 N–H and O–H groups in total. The van der Waals surface area contributed by atoms with Crippen LogP contribution in [0.2, 0.25) is 0 Å². The van der Waals surface area contributed by atoms with Crippen molar-refractivity contribution in [2.75, 3.05) is 11.9 Å². The quantitative estimate of drug-likeness (QED) is 0.808. The van der Waals surface area contributed by atoms with Gasteiger partial charge in [0.1, 0.15) is 11.6 Å². The predicted octanol–water partition coefficient (Wildman–Crippen LogP) is 3.56. The Morgan fingerprint density at radius 3 is 3.05 bits per heavy atom. The predicted molar refractivity (Wildman–Crippen MR) is 80.2 cm³/mol. The van der Waals surface area contributed by atoms with Gasteiger partial charge in [-0.25, -0.2) is 4.39 Å². The van der Waals surface area contributed by atoms with Gasteiger partial charge in [-0.05, 0) is 37.3 Å². The second-order valence-corrected chi connectivity index (χ2v) is 5.60. The molecular formula is C16H20FN3O2. The van der Waals surface area contributed by atoms with Crippen LogP contribution in [0.15, 0.2) is 22.7 Å². The van der Waals surface area contributed by atoms with Gasteiger partial charge < -0.3 is 14.6 Å². The van der Waals surface area contributed by atoms with Crippen molar-refractivity contribution in [2.45, 2.75) is 39.2 Å². The number of ether oxygens (including phenoxy) is 1. The molecule has 0 radical (unpaired) electrons. The molecule has 1 aromatic carbocycles. The zero-order valence-corrected chi connectivity index (χ0v) is 12.6. The van der Waals surface area contributed by atoms with Crippen LogP contribution in [0.1, 0.15) is 37.9 Å². The smallest absolute Gasteiger partial charge is 0.245 e. The number of hydrogen-bond donors (Lipinski definition) is 1. The van der Waals surface area contributed by atoms with E-state index >= 15 is 0 Å². The molecule has 0 saturated heterocycles. The van der Waals surface area contributed by atoms with Crippen LogP contribution in [0.25, 0.3) is 0 Å². The summed E-state index contributed by atoms with van der Waals surface area (Å²) in [6.07, 6.45) is 4.19. The van der Waals surface area contributed by atoms with E-state index in [1.165, 1.54) is 25.0 Å². The van der Waals surface area contributed by atoms with E-state index in [2.05, 4.69) is 22.4 Å². The Labute approximate surface area is 128 Å². The molecule has 6 heteroatoms. The van der Waals surface area contributed by atoms with Crippen LogP contribution in [0.4, 0.5) is 10.1 Å². The van der Waals surface area contributed by atoms with E-state index in [9.17, 15) is 4.39 Å². The molecule has 1 aliphatic rings.